The quantitative estimate of drug-likeness (QED) is 0.740. The lowest BCUT2D eigenvalue weighted by molar-refractivity contribution is 0.181. The van der Waals surface area contributed by atoms with Crippen molar-refractivity contribution in [2.24, 2.45) is 17.1 Å². The van der Waals surface area contributed by atoms with Gasteiger partial charge in [0.25, 0.3) is 0 Å². The molecule has 13 heavy (non-hydrogen) atoms. The van der Waals surface area contributed by atoms with Crippen LogP contribution in [0.15, 0.2) is 0 Å². The smallest absolute Gasteiger partial charge is 0.00176 e. The largest absolute Gasteiger partial charge is 0.330 e. The van der Waals surface area contributed by atoms with E-state index in [1.807, 2.05) is 0 Å². The third-order valence-electron chi connectivity index (χ3n) is 4.03. The van der Waals surface area contributed by atoms with Crippen molar-refractivity contribution in [3.63, 3.8) is 0 Å². The van der Waals surface area contributed by atoms with Crippen molar-refractivity contribution in [3.8, 4) is 0 Å². The van der Waals surface area contributed by atoms with E-state index in [2.05, 4.69) is 11.8 Å². The molecule has 2 aliphatic rings. The normalized spacial score (nSPS) is 33.5. The Morgan fingerprint density at radius 2 is 2.00 bits per heavy atom. The second kappa shape index (κ2) is 4.22. The third-order valence-corrected chi connectivity index (χ3v) is 5.25. The maximum Gasteiger partial charge on any atom is -0.00176 e. The fourth-order valence-electron chi connectivity index (χ4n) is 3.08. The van der Waals surface area contributed by atoms with E-state index >= 15 is 0 Å². The first kappa shape index (κ1) is 9.85. The summed E-state index contributed by atoms with van der Waals surface area (Å²) in [6, 6.07) is 0. The zero-order valence-electron chi connectivity index (χ0n) is 8.43. The first-order valence-electron chi connectivity index (χ1n) is 5.65. The van der Waals surface area contributed by atoms with Crippen molar-refractivity contribution in [1.29, 1.82) is 0 Å². The summed E-state index contributed by atoms with van der Waals surface area (Å²) in [6.45, 7) is 0.943. The molecule has 1 aliphatic heterocycles. The lowest BCUT2D eigenvalue weighted by atomic mass is 9.72. The van der Waals surface area contributed by atoms with Gasteiger partial charge in [-0.15, -0.1) is 0 Å². The highest BCUT2D eigenvalue weighted by molar-refractivity contribution is 7.99. The summed E-state index contributed by atoms with van der Waals surface area (Å²) in [7, 11) is 0. The molecule has 1 nitrogen and oxygen atoms in total. The Hall–Kier alpha value is 0.310. The molecular weight excluding hydrogens is 178 g/mol. The summed E-state index contributed by atoms with van der Waals surface area (Å²) in [5.41, 5.74) is 6.55. The molecule has 76 valence electrons. The molecule has 1 unspecified atom stereocenters. The van der Waals surface area contributed by atoms with Crippen LogP contribution in [-0.2, 0) is 0 Å². The predicted molar refractivity (Wildman–Crippen MR) is 60.0 cm³/mol. The second-order valence-electron chi connectivity index (χ2n) is 4.69. The molecule has 2 fully saturated rings. The fraction of sp³-hybridized carbons (Fsp3) is 1.00. The Labute approximate surface area is 85.8 Å². The Kier molecular flexibility index (Phi) is 3.20. The van der Waals surface area contributed by atoms with E-state index < -0.39 is 0 Å². The van der Waals surface area contributed by atoms with Crippen LogP contribution in [0.3, 0.4) is 0 Å². The van der Waals surface area contributed by atoms with E-state index in [-0.39, 0.29) is 0 Å². The summed E-state index contributed by atoms with van der Waals surface area (Å²) < 4.78 is 0. The van der Waals surface area contributed by atoms with Gasteiger partial charge in [-0.25, -0.2) is 0 Å². The highest BCUT2D eigenvalue weighted by atomic mass is 32.2. The van der Waals surface area contributed by atoms with Crippen molar-refractivity contribution >= 4 is 11.8 Å². The van der Waals surface area contributed by atoms with E-state index in [1.165, 1.54) is 50.0 Å². The Morgan fingerprint density at radius 3 is 2.54 bits per heavy atom. The van der Waals surface area contributed by atoms with Crippen LogP contribution in [0.2, 0.25) is 0 Å². The highest BCUT2D eigenvalue weighted by Gasteiger charge is 2.40. The van der Waals surface area contributed by atoms with Crippen molar-refractivity contribution < 1.29 is 0 Å². The number of nitrogens with two attached hydrogens (primary N) is 1. The summed E-state index contributed by atoms with van der Waals surface area (Å²) in [5.74, 6) is 3.72. The van der Waals surface area contributed by atoms with E-state index in [1.54, 1.807) is 0 Å². The molecule has 0 bridgehead atoms. The molecule has 1 atom stereocenters. The highest BCUT2D eigenvalue weighted by Crippen LogP contribution is 2.47. The minimum Gasteiger partial charge on any atom is -0.330 e. The van der Waals surface area contributed by atoms with E-state index in [4.69, 9.17) is 5.73 Å². The van der Waals surface area contributed by atoms with Gasteiger partial charge in [-0.2, -0.15) is 11.8 Å². The minimum atomic E-state index is 0.563. The fourth-order valence-corrected chi connectivity index (χ4v) is 4.42. The van der Waals surface area contributed by atoms with Crippen LogP contribution in [0, 0.1) is 11.3 Å². The lowest BCUT2D eigenvalue weighted by Gasteiger charge is -2.38. The summed E-state index contributed by atoms with van der Waals surface area (Å²) >= 11 is 2.15. The Balaban J connectivity index is 2.01. The van der Waals surface area contributed by atoms with Crippen LogP contribution in [0.4, 0.5) is 0 Å². The van der Waals surface area contributed by atoms with Gasteiger partial charge in [-0.3, -0.25) is 0 Å². The predicted octanol–water partition coefficient (Wildman–Crippen LogP) is 2.65. The SMILES string of the molecule is NCC1(C2CCCSC2)CCCC1. The van der Waals surface area contributed by atoms with Crippen LogP contribution in [0.1, 0.15) is 38.5 Å². The van der Waals surface area contributed by atoms with Gasteiger partial charge in [0.15, 0.2) is 0 Å². The molecule has 1 saturated heterocycles. The number of rotatable bonds is 2. The summed E-state index contributed by atoms with van der Waals surface area (Å²) in [5, 5.41) is 0. The van der Waals surface area contributed by atoms with Crippen molar-refractivity contribution in [2.75, 3.05) is 18.1 Å². The zero-order chi connectivity index (χ0) is 9.15. The van der Waals surface area contributed by atoms with Crippen molar-refractivity contribution in [2.45, 2.75) is 38.5 Å². The molecule has 1 aliphatic carbocycles. The lowest BCUT2D eigenvalue weighted by Crippen LogP contribution is -2.38. The van der Waals surface area contributed by atoms with Gasteiger partial charge >= 0.3 is 0 Å². The average molecular weight is 199 g/mol. The topological polar surface area (TPSA) is 26.0 Å². The molecule has 1 heterocycles. The molecule has 2 heteroatoms. The molecule has 0 amide bonds. The standard InChI is InChI=1S/C11H21NS/c12-9-11(5-1-2-6-11)10-4-3-7-13-8-10/h10H,1-9,12H2. The molecule has 0 aromatic heterocycles. The molecular formula is C11H21NS. The summed E-state index contributed by atoms with van der Waals surface area (Å²) in [6.07, 6.45) is 8.56. The van der Waals surface area contributed by atoms with E-state index in [0.29, 0.717) is 5.41 Å². The maximum atomic E-state index is 5.99. The molecule has 2 rings (SSSR count). The van der Waals surface area contributed by atoms with Gasteiger partial charge in [-0.1, -0.05) is 12.8 Å². The second-order valence-corrected chi connectivity index (χ2v) is 5.84. The van der Waals surface area contributed by atoms with Crippen molar-refractivity contribution in [1.82, 2.24) is 0 Å². The van der Waals surface area contributed by atoms with Crippen LogP contribution in [-0.4, -0.2) is 18.1 Å². The Morgan fingerprint density at radius 1 is 1.23 bits per heavy atom. The molecule has 0 aromatic carbocycles. The van der Waals surface area contributed by atoms with E-state index in [0.717, 1.165) is 12.5 Å². The molecule has 2 N–H and O–H groups in total. The summed E-state index contributed by atoms with van der Waals surface area (Å²) in [4.78, 5) is 0. The first-order chi connectivity index (χ1) is 6.37. The van der Waals surface area contributed by atoms with Crippen LogP contribution in [0.5, 0.6) is 0 Å². The third kappa shape index (κ3) is 1.89. The van der Waals surface area contributed by atoms with Crippen molar-refractivity contribution in [3.05, 3.63) is 0 Å². The molecule has 0 aromatic rings. The average Bonchev–Trinajstić information content (AvgIpc) is 2.69. The molecule has 0 radical (unpaired) electrons. The first-order valence-corrected chi connectivity index (χ1v) is 6.81. The number of hydrogen-bond acceptors (Lipinski definition) is 2. The van der Waals surface area contributed by atoms with Crippen LogP contribution < -0.4 is 5.73 Å². The van der Waals surface area contributed by atoms with Crippen LogP contribution in [0.25, 0.3) is 0 Å². The zero-order valence-corrected chi connectivity index (χ0v) is 9.24. The molecule has 0 spiro atoms. The van der Waals surface area contributed by atoms with Gasteiger partial charge in [0, 0.05) is 0 Å². The van der Waals surface area contributed by atoms with Gasteiger partial charge in [0.2, 0.25) is 0 Å². The number of hydrogen-bond donors (Lipinski definition) is 1. The monoisotopic (exact) mass is 199 g/mol. The molecule has 1 saturated carbocycles. The van der Waals surface area contributed by atoms with Gasteiger partial charge in [0.05, 0.1) is 0 Å². The van der Waals surface area contributed by atoms with E-state index in [9.17, 15) is 0 Å². The van der Waals surface area contributed by atoms with Gasteiger partial charge in [-0.05, 0) is 55.1 Å². The van der Waals surface area contributed by atoms with Crippen LogP contribution >= 0.6 is 11.8 Å². The van der Waals surface area contributed by atoms with Gasteiger partial charge in [0.1, 0.15) is 0 Å². The maximum absolute atomic E-state index is 5.99. The van der Waals surface area contributed by atoms with Gasteiger partial charge < -0.3 is 5.73 Å². The number of thioether (sulfide) groups is 1. The Bertz CT molecular complexity index is 157. The minimum absolute atomic E-state index is 0.563.